The number of nitrogens with one attached hydrogen (secondary N) is 1. The fourth-order valence-electron chi connectivity index (χ4n) is 3.42. The summed E-state index contributed by atoms with van der Waals surface area (Å²) in [5.74, 6) is 0.369. The smallest absolute Gasteiger partial charge is 0.326 e. The molecule has 10 heteroatoms. The van der Waals surface area contributed by atoms with E-state index in [-0.39, 0.29) is 24.5 Å². The maximum atomic E-state index is 12.6. The van der Waals surface area contributed by atoms with E-state index in [0.29, 0.717) is 12.3 Å². The molecule has 0 bridgehead atoms. The van der Waals surface area contributed by atoms with Crippen LogP contribution in [0.4, 0.5) is 0 Å². The van der Waals surface area contributed by atoms with Gasteiger partial charge in [0.2, 0.25) is 0 Å². The van der Waals surface area contributed by atoms with Gasteiger partial charge in [-0.25, -0.2) is 20.0 Å². The van der Waals surface area contributed by atoms with Crippen molar-refractivity contribution in [1.29, 1.82) is 0 Å². The molecule has 0 radical (unpaired) electrons. The molecule has 0 saturated carbocycles. The minimum atomic E-state index is -1.35. The van der Waals surface area contributed by atoms with Gasteiger partial charge in [-0.05, 0) is 53.2 Å². The number of rotatable bonds is 13. The van der Waals surface area contributed by atoms with E-state index in [1.165, 1.54) is 0 Å². The van der Waals surface area contributed by atoms with E-state index in [9.17, 15) is 4.79 Å². The number of carbonyl (C=O) groups is 1. The second kappa shape index (κ2) is 12.4. The minimum absolute atomic E-state index is 0.145. The summed E-state index contributed by atoms with van der Waals surface area (Å²) in [5, 5.41) is 3.32. The van der Waals surface area contributed by atoms with Gasteiger partial charge in [0.05, 0.1) is 30.8 Å². The first-order chi connectivity index (χ1) is 16.7. The number of para-hydroxylation sites is 1. The number of fused-ring (bicyclic) bond motifs is 1. The summed E-state index contributed by atoms with van der Waals surface area (Å²) in [4.78, 5) is 26.0. The molecule has 3 rings (SSSR count). The third kappa shape index (κ3) is 7.69. The van der Waals surface area contributed by atoms with Gasteiger partial charge in [0.25, 0.3) is 0 Å². The monoisotopic (exact) mass is 501 g/mol. The lowest BCUT2D eigenvalue weighted by Crippen LogP contribution is -2.47. The number of carbonyl (C=O) groups excluding carboxylic acids is 1. The molecule has 9 nitrogen and oxygen atoms in total. The van der Waals surface area contributed by atoms with Gasteiger partial charge in [-0.1, -0.05) is 31.5 Å². The molecule has 1 aromatic carbocycles. The van der Waals surface area contributed by atoms with Crippen LogP contribution in [0.2, 0.25) is 0 Å². The van der Waals surface area contributed by atoms with Crippen molar-refractivity contribution in [3.05, 3.63) is 48.7 Å². The number of nitrogens with zero attached hydrogens (tertiary/aromatic N) is 4. The third-order valence-electron chi connectivity index (χ3n) is 5.11. The second-order valence-electron chi connectivity index (χ2n) is 9.22. The number of esters is 1. The standard InChI is InChI=1S/C25H36N5O4P/c1-7-11-21-22-23(27-15-26-21)30(16-28-22)14-19(4)32-17-35(34-20-12-9-8-10-13-20)29-25(5,6)24(31)33-18(2)3/h8-10,12-13,15-16,18-19,29H,7,11,14,17H2,1-6H3. The van der Waals surface area contributed by atoms with E-state index in [0.717, 1.165) is 29.7 Å². The molecular weight excluding hydrogens is 465 g/mol. The first kappa shape index (κ1) is 27.0. The fraction of sp³-hybridized carbons (Fsp3) is 0.520. The van der Waals surface area contributed by atoms with Gasteiger partial charge in [-0.15, -0.1) is 0 Å². The summed E-state index contributed by atoms with van der Waals surface area (Å²) in [7, 11) is -1.35. The van der Waals surface area contributed by atoms with E-state index in [4.69, 9.17) is 14.0 Å². The number of benzene rings is 1. The summed E-state index contributed by atoms with van der Waals surface area (Å²) in [6, 6.07) is 9.50. The van der Waals surface area contributed by atoms with E-state index in [2.05, 4.69) is 27.0 Å². The molecule has 0 amide bonds. The first-order valence-corrected chi connectivity index (χ1v) is 13.4. The first-order valence-electron chi connectivity index (χ1n) is 11.9. The van der Waals surface area contributed by atoms with Crippen LogP contribution in [0.15, 0.2) is 43.0 Å². The third-order valence-corrected chi connectivity index (χ3v) is 6.73. The van der Waals surface area contributed by atoms with Crippen molar-refractivity contribution >= 4 is 25.4 Å². The number of hydrogen-bond donors (Lipinski definition) is 1. The molecule has 0 saturated heterocycles. The Morgan fingerprint density at radius 1 is 1.14 bits per heavy atom. The van der Waals surface area contributed by atoms with E-state index in [1.807, 2.05) is 55.7 Å². The lowest BCUT2D eigenvalue weighted by molar-refractivity contribution is -0.153. The zero-order valence-corrected chi connectivity index (χ0v) is 22.3. The summed E-state index contributed by atoms with van der Waals surface area (Å²) in [6.45, 7) is 11.9. The number of aromatic nitrogens is 4. The highest BCUT2D eigenvalue weighted by Crippen LogP contribution is 2.37. The maximum absolute atomic E-state index is 12.6. The van der Waals surface area contributed by atoms with Crippen molar-refractivity contribution in [2.45, 2.75) is 78.7 Å². The Morgan fingerprint density at radius 3 is 2.57 bits per heavy atom. The van der Waals surface area contributed by atoms with Crippen LogP contribution in [-0.4, -0.2) is 49.6 Å². The summed E-state index contributed by atoms with van der Waals surface area (Å²) in [5.41, 5.74) is 1.66. The van der Waals surface area contributed by atoms with Crippen LogP contribution in [0.3, 0.4) is 0 Å². The Kier molecular flexibility index (Phi) is 9.55. The molecule has 0 spiro atoms. The van der Waals surface area contributed by atoms with Gasteiger partial charge in [0.1, 0.15) is 29.5 Å². The Morgan fingerprint density at radius 2 is 1.89 bits per heavy atom. The molecule has 3 aromatic rings. The normalized spacial score (nSPS) is 13.7. The molecule has 0 fully saturated rings. The number of hydrogen-bond acceptors (Lipinski definition) is 8. The van der Waals surface area contributed by atoms with Crippen LogP contribution < -0.4 is 9.61 Å². The molecular formula is C25H36N5O4P. The topological polar surface area (TPSA) is 100 Å². The SMILES string of the molecule is CCCc1ncnc2c1ncn2CC(C)OCP(NC(C)(C)C(=O)OC(C)C)Oc1ccccc1. The average Bonchev–Trinajstić information content (AvgIpc) is 3.21. The van der Waals surface area contributed by atoms with Crippen LogP contribution in [0, 0.1) is 0 Å². The van der Waals surface area contributed by atoms with Crippen molar-refractivity contribution < 1.29 is 18.8 Å². The highest BCUT2D eigenvalue weighted by atomic mass is 31.2. The van der Waals surface area contributed by atoms with Gasteiger partial charge < -0.3 is 18.6 Å². The van der Waals surface area contributed by atoms with Crippen molar-refractivity contribution in [2.24, 2.45) is 0 Å². The Bertz CT molecular complexity index is 1090. The van der Waals surface area contributed by atoms with Crippen molar-refractivity contribution in [3.8, 4) is 5.75 Å². The molecule has 1 N–H and O–H groups in total. The number of aryl methyl sites for hydroxylation is 1. The van der Waals surface area contributed by atoms with E-state index in [1.54, 1.807) is 26.5 Å². The molecule has 2 aromatic heterocycles. The van der Waals surface area contributed by atoms with Crippen molar-refractivity contribution in [3.63, 3.8) is 0 Å². The van der Waals surface area contributed by atoms with Crippen LogP contribution >= 0.6 is 8.30 Å². The Balaban J connectivity index is 1.67. The van der Waals surface area contributed by atoms with Crippen LogP contribution in [-0.2, 0) is 27.2 Å². The highest BCUT2D eigenvalue weighted by Gasteiger charge is 2.34. The minimum Gasteiger partial charge on any atom is -0.462 e. The Hall–Kier alpha value is -2.61. The molecule has 35 heavy (non-hydrogen) atoms. The number of imidazole rings is 1. The van der Waals surface area contributed by atoms with Crippen LogP contribution in [0.5, 0.6) is 5.75 Å². The van der Waals surface area contributed by atoms with Crippen molar-refractivity contribution in [2.75, 3.05) is 6.35 Å². The van der Waals surface area contributed by atoms with Crippen molar-refractivity contribution in [1.82, 2.24) is 24.6 Å². The van der Waals surface area contributed by atoms with Crippen LogP contribution in [0.1, 0.15) is 53.7 Å². The molecule has 2 atom stereocenters. The van der Waals surface area contributed by atoms with Gasteiger partial charge in [-0.3, -0.25) is 4.79 Å². The van der Waals surface area contributed by atoms with Crippen LogP contribution in [0.25, 0.3) is 11.2 Å². The molecule has 2 heterocycles. The van der Waals surface area contributed by atoms with Gasteiger partial charge >= 0.3 is 5.97 Å². The summed E-state index contributed by atoms with van der Waals surface area (Å²) in [6.07, 6.45) is 5.17. The molecule has 190 valence electrons. The molecule has 2 unspecified atom stereocenters. The lowest BCUT2D eigenvalue weighted by Gasteiger charge is -2.30. The van der Waals surface area contributed by atoms with E-state index < -0.39 is 13.8 Å². The van der Waals surface area contributed by atoms with Gasteiger partial charge in [0, 0.05) is 0 Å². The lowest BCUT2D eigenvalue weighted by atomic mass is 10.1. The second-order valence-corrected chi connectivity index (χ2v) is 10.6. The fourth-order valence-corrected chi connectivity index (χ4v) is 5.06. The molecule has 0 aliphatic rings. The summed E-state index contributed by atoms with van der Waals surface area (Å²) < 4.78 is 19.8. The summed E-state index contributed by atoms with van der Waals surface area (Å²) >= 11 is 0. The number of ether oxygens (including phenoxy) is 2. The average molecular weight is 502 g/mol. The quantitative estimate of drug-likeness (QED) is 0.262. The molecule has 0 aliphatic heterocycles. The largest absolute Gasteiger partial charge is 0.462 e. The Labute approximate surface area is 208 Å². The van der Waals surface area contributed by atoms with Gasteiger partial charge in [0.15, 0.2) is 13.9 Å². The van der Waals surface area contributed by atoms with E-state index >= 15 is 0 Å². The molecule has 0 aliphatic carbocycles. The maximum Gasteiger partial charge on any atom is 0.326 e. The van der Waals surface area contributed by atoms with Gasteiger partial charge in [-0.2, -0.15) is 0 Å². The zero-order valence-electron chi connectivity index (χ0n) is 21.4. The predicted molar refractivity (Wildman–Crippen MR) is 137 cm³/mol. The highest BCUT2D eigenvalue weighted by molar-refractivity contribution is 7.50. The predicted octanol–water partition coefficient (Wildman–Crippen LogP) is 4.85. The zero-order chi connectivity index (χ0) is 25.4.